The topological polar surface area (TPSA) is 27.8 Å². The molecule has 4 rings (SSSR count). The summed E-state index contributed by atoms with van der Waals surface area (Å²) in [4.78, 5) is 3.64. The molecule has 2 nitrogen and oxygen atoms in total. The lowest BCUT2D eigenvalue weighted by molar-refractivity contribution is 0.417. The van der Waals surface area contributed by atoms with E-state index in [0.29, 0.717) is 0 Å². The number of aromatic amines is 1. The second-order valence-corrected chi connectivity index (χ2v) is 7.87. The molecule has 0 aliphatic heterocycles. The molecule has 1 aliphatic rings. The molecule has 1 aliphatic carbocycles. The molecular formula is C20H21BrN2. The molecule has 23 heavy (non-hydrogen) atoms. The van der Waals surface area contributed by atoms with Gasteiger partial charge in [-0.2, -0.15) is 0 Å². The van der Waals surface area contributed by atoms with Crippen LogP contribution in [0.5, 0.6) is 0 Å². The van der Waals surface area contributed by atoms with E-state index in [4.69, 9.17) is 0 Å². The van der Waals surface area contributed by atoms with E-state index in [9.17, 15) is 0 Å². The van der Waals surface area contributed by atoms with Crippen LogP contribution in [0, 0.1) is 6.92 Å². The van der Waals surface area contributed by atoms with Gasteiger partial charge in [-0.3, -0.25) is 5.32 Å². The molecule has 0 radical (unpaired) electrons. The Bertz CT molecular complexity index is 834. The maximum Gasteiger partial charge on any atom is 0.115 e. The molecule has 2 aromatic carbocycles. The molecule has 0 saturated heterocycles. The van der Waals surface area contributed by atoms with E-state index in [1.54, 1.807) is 0 Å². The summed E-state index contributed by atoms with van der Waals surface area (Å²) < 4.78 is -0.162. The second kappa shape index (κ2) is 5.81. The standard InChI is InChI=1S/C20H21BrN2/c1-14-8-10-15(11-9-14)13-22-20(21)12-4-6-17-16-5-2-3-7-18(16)23-19(17)20/h2-3,5,7-11,22-23H,4,6,12-13H2,1H3. The summed E-state index contributed by atoms with van der Waals surface area (Å²) in [6.45, 7) is 2.99. The van der Waals surface area contributed by atoms with Crippen LogP contribution >= 0.6 is 15.9 Å². The van der Waals surface area contributed by atoms with E-state index in [0.717, 1.165) is 19.4 Å². The van der Waals surface area contributed by atoms with Gasteiger partial charge in [0.2, 0.25) is 0 Å². The van der Waals surface area contributed by atoms with Gasteiger partial charge < -0.3 is 4.98 Å². The van der Waals surface area contributed by atoms with Crippen LogP contribution in [0.2, 0.25) is 0 Å². The molecule has 0 saturated carbocycles. The number of rotatable bonds is 3. The van der Waals surface area contributed by atoms with E-state index >= 15 is 0 Å². The minimum absolute atomic E-state index is 0.162. The fraction of sp³-hybridized carbons (Fsp3) is 0.300. The fourth-order valence-corrected chi connectivity index (χ4v) is 4.32. The summed E-state index contributed by atoms with van der Waals surface area (Å²) in [6, 6.07) is 17.4. The predicted octanol–water partition coefficient (Wildman–Crippen LogP) is 5.15. The van der Waals surface area contributed by atoms with Crippen molar-refractivity contribution in [3.8, 4) is 0 Å². The van der Waals surface area contributed by atoms with Gasteiger partial charge in [-0.1, -0.05) is 64.0 Å². The summed E-state index contributed by atoms with van der Waals surface area (Å²) in [7, 11) is 0. The molecule has 3 aromatic rings. The quantitative estimate of drug-likeness (QED) is 0.485. The van der Waals surface area contributed by atoms with E-state index in [1.807, 2.05) is 0 Å². The third-order valence-electron chi connectivity index (χ3n) is 4.85. The normalized spacial score (nSPS) is 20.6. The van der Waals surface area contributed by atoms with Crippen molar-refractivity contribution in [2.24, 2.45) is 0 Å². The van der Waals surface area contributed by atoms with E-state index < -0.39 is 0 Å². The highest BCUT2D eigenvalue weighted by Crippen LogP contribution is 2.42. The third-order valence-corrected chi connectivity index (χ3v) is 5.92. The Morgan fingerprint density at radius 2 is 1.91 bits per heavy atom. The van der Waals surface area contributed by atoms with Crippen molar-refractivity contribution in [1.82, 2.24) is 10.3 Å². The molecule has 2 N–H and O–H groups in total. The number of hydrogen-bond acceptors (Lipinski definition) is 1. The largest absolute Gasteiger partial charge is 0.356 e. The number of H-pyrrole nitrogens is 1. The van der Waals surface area contributed by atoms with Crippen LogP contribution in [-0.2, 0) is 17.4 Å². The summed E-state index contributed by atoms with van der Waals surface area (Å²) in [6.07, 6.45) is 3.44. The minimum atomic E-state index is -0.162. The van der Waals surface area contributed by atoms with E-state index in [2.05, 4.69) is 81.7 Å². The average molecular weight is 369 g/mol. The first-order valence-corrected chi connectivity index (χ1v) is 9.04. The maximum atomic E-state index is 4.00. The summed E-state index contributed by atoms with van der Waals surface area (Å²) in [5.41, 5.74) is 6.62. The van der Waals surface area contributed by atoms with Crippen LogP contribution in [0.25, 0.3) is 10.9 Å². The van der Waals surface area contributed by atoms with Crippen molar-refractivity contribution in [2.75, 3.05) is 0 Å². The highest BCUT2D eigenvalue weighted by molar-refractivity contribution is 9.09. The Balaban J connectivity index is 1.65. The molecule has 1 heterocycles. The van der Waals surface area contributed by atoms with Gasteiger partial charge in [-0.05, 0) is 43.4 Å². The number of fused-ring (bicyclic) bond motifs is 3. The van der Waals surface area contributed by atoms with Crippen molar-refractivity contribution in [1.29, 1.82) is 0 Å². The number of aryl methyl sites for hydroxylation is 2. The number of benzene rings is 2. The predicted molar refractivity (Wildman–Crippen MR) is 99.9 cm³/mol. The summed E-state index contributed by atoms with van der Waals surface area (Å²) in [5, 5.41) is 5.10. The number of nitrogens with one attached hydrogen (secondary N) is 2. The van der Waals surface area contributed by atoms with Crippen LogP contribution in [0.1, 0.15) is 35.2 Å². The minimum Gasteiger partial charge on any atom is -0.356 e. The van der Waals surface area contributed by atoms with Gasteiger partial charge in [0.05, 0.1) is 5.69 Å². The van der Waals surface area contributed by atoms with E-state index in [-0.39, 0.29) is 4.45 Å². The molecular weight excluding hydrogens is 348 g/mol. The van der Waals surface area contributed by atoms with Gasteiger partial charge in [0.1, 0.15) is 4.45 Å². The average Bonchev–Trinajstić information content (AvgIpc) is 2.95. The zero-order valence-electron chi connectivity index (χ0n) is 13.3. The number of hydrogen-bond donors (Lipinski definition) is 2. The SMILES string of the molecule is Cc1ccc(CNC2(Br)CCCc3c2[nH]c2ccccc32)cc1. The molecule has 0 fully saturated rings. The van der Waals surface area contributed by atoms with Gasteiger partial charge in [0.25, 0.3) is 0 Å². The first-order valence-electron chi connectivity index (χ1n) is 8.25. The van der Waals surface area contributed by atoms with Gasteiger partial charge in [0.15, 0.2) is 0 Å². The third kappa shape index (κ3) is 2.73. The lowest BCUT2D eigenvalue weighted by Crippen LogP contribution is -2.39. The van der Waals surface area contributed by atoms with Crippen LogP contribution in [0.15, 0.2) is 48.5 Å². The Morgan fingerprint density at radius 3 is 2.74 bits per heavy atom. The monoisotopic (exact) mass is 368 g/mol. The molecule has 118 valence electrons. The van der Waals surface area contributed by atoms with Crippen molar-refractivity contribution in [3.05, 3.63) is 70.9 Å². The maximum absolute atomic E-state index is 4.00. The lowest BCUT2D eigenvalue weighted by Gasteiger charge is -2.33. The molecule has 0 bridgehead atoms. The van der Waals surface area contributed by atoms with Gasteiger partial charge in [0, 0.05) is 17.4 Å². The Morgan fingerprint density at radius 1 is 1.13 bits per heavy atom. The zero-order chi connectivity index (χ0) is 15.9. The van der Waals surface area contributed by atoms with Crippen molar-refractivity contribution < 1.29 is 0 Å². The lowest BCUT2D eigenvalue weighted by atomic mass is 9.91. The van der Waals surface area contributed by atoms with Crippen molar-refractivity contribution >= 4 is 26.8 Å². The zero-order valence-corrected chi connectivity index (χ0v) is 14.9. The molecule has 3 heteroatoms. The molecule has 0 spiro atoms. The molecule has 1 unspecified atom stereocenters. The number of para-hydroxylation sites is 1. The van der Waals surface area contributed by atoms with Gasteiger partial charge in [-0.15, -0.1) is 0 Å². The number of alkyl halides is 1. The van der Waals surface area contributed by atoms with Crippen LogP contribution in [-0.4, -0.2) is 4.98 Å². The highest BCUT2D eigenvalue weighted by Gasteiger charge is 2.36. The second-order valence-electron chi connectivity index (χ2n) is 6.52. The molecule has 1 aromatic heterocycles. The number of halogens is 1. The highest BCUT2D eigenvalue weighted by atomic mass is 79.9. The first kappa shape index (κ1) is 15.0. The van der Waals surface area contributed by atoms with Crippen LogP contribution < -0.4 is 5.32 Å². The van der Waals surface area contributed by atoms with Gasteiger partial charge in [-0.25, -0.2) is 0 Å². The van der Waals surface area contributed by atoms with Gasteiger partial charge >= 0.3 is 0 Å². The van der Waals surface area contributed by atoms with Crippen LogP contribution in [0.3, 0.4) is 0 Å². The Labute approximate surface area is 145 Å². The number of aromatic nitrogens is 1. The Hall–Kier alpha value is -1.58. The molecule has 1 atom stereocenters. The van der Waals surface area contributed by atoms with E-state index in [1.165, 1.54) is 39.7 Å². The van der Waals surface area contributed by atoms with Crippen LogP contribution in [0.4, 0.5) is 0 Å². The molecule has 0 amide bonds. The Kier molecular flexibility index (Phi) is 3.78. The van der Waals surface area contributed by atoms with Crippen molar-refractivity contribution in [3.63, 3.8) is 0 Å². The first-order chi connectivity index (χ1) is 11.2. The fourth-order valence-electron chi connectivity index (χ4n) is 3.56. The smallest absolute Gasteiger partial charge is 0.115 e. The summed E-state index contributed by atoms with van der Waals surface area (Å²) >= 11 is 4.00. The summed E-state index contributed by atoms with van der Waals surface area (Å²) in [5.74, 6) is 0. The van der Waals surface area contributed by atoms with Crippen molar-refractivity contribution in [2.45, 2.75) is 37.2 Å².